The van der Waals surface area contributed by atoms with E-state index in [0.717, 1.165) is 19.3 Å². The number of nitrogens with zero attached hydrogens (tertiary/aromatic N) is 1. The van der Waals surface area contributed by atoms with E-state index < -0.39 is 5.97 Å². The Balaban J connectivity index is 1.78. The van der Waals surface area contributed by atoms with Crippen LogP contribution in [0.1, 0.15) is 31.9 Å². The number of hydrogen-bond donors (Lipinski definition) is 3. The number of rotatable bonds is 6. The Bertz CT molecular complexity index is 487. The molecule has 2 amide bonds. The van der Waals surface area contributed by atoms with Crippen LogP contribution in [0.3, 0.4) is 0 Å². The highest BCUT2D eigenvalue weighted by molar-refractivity contribution is 5.89. The molecule has 6 nitrogen and oxygen atoms in total. The number of carbonyl (C=O) groups excluding carboxylic acids is 1. The van der Waals surface area contributed by atoms with Gasteiger partial charge in [0.25, 0.3) is 0 Å². The predicted molar refractivity (Wildman–Crippen MR) is 74.5 cm³/mol. The molecule has 2 unspecified atom stereocenters. The Labute approximate surface area is 117 Å². The Morgan fingerprint density at radius 3 is 2.85 bits per heavy atom. The maximum Gasteiger partial charge on any atom is 0.319 e. The second-order valence-corrected chi connectivity index (χ2v) is 5.10. The van der Waals surface area contributed by atoms with Gasteiger partial charge >= 0.3 is 12.0 Å². The standard InChI is InChI=1S/C14H19N3O3/c1-2-3-9-6-12(9)17-14(20)16-11-5-4-10(15-8-11)7-13(18)19/h4-5,8-9,12H,2-3,6-7H2,1H3,(H,18,19)(H2,16,17,20). The number of carbonyl (C=O) groups is 2. The average Bonchev–Trinajstić information content (AvgIpc) is 3.09. The molecule has 1 aromatic rings. The van der Waals surface area contributed by atoms with Crippen molar-refractivity contribution in [2.75, 3.05) is 5.32 Å². The minimum absolute atomic E-state index is 0.118. The molecule has 0 saturated heterocycles. The Morgan fingerprint density at radius 2 is 2.25 bits per heavy atom. The lowest BCUT2D eigenvalue weighted by Gasteiger charge is -2.07. The highest BCUT2D eigenvalue weighted by Gasteiger charge is 2.37. The molecular formula is C14H19N3O3. The number of carboxylic acid groups (broad SMARTS) is 1. The first-order valence-corrected chi connectivity index (χ1v) is 6.82. The number of hydrogen-bond acceptors (Lipinski definition) is 3. The molecule has 3 N–H and O–H groups in total. The fourth-order valence-electron chi connectivity index (χ4n) is 2.21. The number of amides is 2. The smallest absolute Gasteiger partial charge is 0.319 e. The van der Waals surface area contributed by atoms with Crippen LogP contribution in [0.15, 0.2) is 18.3 Å². The Kier molecular flexibility index (Phi) is 4.55. The van der Waals surface area contributed by atoms with Crippen molar-refractivity contribution in [1.29, 1.82) is 0 Å². The van der Waals surface area contributed by atoms with E-state index in [-0.39, 0.29) is 18.5 Å². The van der Waals surface area contributed by atoms with E-state index >= 15 is 0 Å². The van der Waals surface area contributed by atoms with E-state index in [1.165, 1.54) is 6.20 Å². The normalized spacial score (nSPS) is 20.2. The molecule has 2 atom stereocenters. The van der Waals surface area contributed by atoms with Gasteiger partial charge < -0.3 is 15.7 Å². The maximum atomic E-state index is 11.7. The first-order chi connectivity index (χ1) is 9.58. The molecule has 1 aliphatic carbocycles. The Hall–Kier alpha value is -2.11. The van der Waals surface area contributed by atoms with Crippen molar-refractivity contribution in [3.8, 4) is 0 Å². The number of aliphatic carboxylic acids is 1. The molecule has 108 valence electrons. The molecular weight excluding hydrogens is 258 g/mol. The summed E-state index contributed by atoms with van der Waals surface area (Å²) in [5.74, 6) is -0.312. The van der Waals surface area contributed by atoms with Gasteiger partial charge in [0.05, 0.1) is 24.0 Å². The molecule has 0 bridgehead atoms. The zero-order valence-corrected chi connectivity index (χ0v) is 11.4. The monoisotopic (exact) mass is 277 g/mol. The number of aromatic nitrogens is 1. The fraction of sp³-hybridized carbons (Fsp3) is 0.500. The first kappa shape index (κ1) is 14.3. The molecule has 1 saturated carbocycles. The molecule has 0 radical (unpaired) electrons. The summed E-state index contributed by atoms with van der Waals surface area (Å²) in [4.78, 5) is 26.2. The molecule has 1 aromatic heterocycles. The summed E-state index contributed by atoms with van der Waals surface area (Å²) in [5, 5.41) is 14.2. The largest absolute Gasteiger partial charge is 0.481 e. The van der Waals surface area contributed by atoms with Crippen LogP contribution >= 0.6 is 0 Å². The molecule has 6 heteroatoms. The molecule has 1 fully saturated rings. The third kappa shape index (κ3) is 4.22. The summed E-state index contributed by atoms with van der Waals surface area (Å²) in [6.45, 7) is 2.14. The van der Waals surface area contributed by atoms with E-state index in [1.807, 2.05) is 0 Å². The minimum Gasteiger partial charge on any atom is -0.481 e. The highest BCUT2D eigenvalue weighted by Crippen LogP contribution is 2.34. The summed E-state index contributed by atoms with van der Waals surface area (Å²) >= 11 is 0. The lowest BCUT2D eigenvalue weighted by atomic mass is 10.2. The first-order valence-electron chi connectivity index (χ1n) is 6.82. The quantitative estimate of drug-likeness (QED) is 0.741. The van der Waals surface area contributed by atoms with Crippen molar-refractivity contribution in [2.45, 2.75) is 38.6 Å². The number of carboxylic acids is 1. The van der Waals surface area contributed by atoms with E-state index in [9.17, 15) is 9.59 Å². The van der Waals surface area contributed by atoms with Crippen molar-refractivity contribution in [3.63, 3.8) is 0 Å². The number of pyridine rings is 1. The van der Waals surface area contributed by atoms with Gasteiger partial charge in [-0.2, -0.15) is 0 Å². The molecule has 0 spiro atoms. The van der Waals surface area contributed by atoms with E-state index in [0.29, 0.717) is 17.3 Å². The summed E-state index contributed by atoms with van der Waals surface area (Å²) in [6, 6.07) is 3.30. The van der Waals surface area contributed by atoms with Crippen LogP contribution in [0, 0.1) is 5.92 Å². The van der Waals surface area contributed by atoms with Gasteiger partial charge in [-0.1, -0.05) is 13.3 Å². The lowest BCUT2D eigenvalue weighted by molar-refractivity contribution is -0.136. The molecule has 0 aromatic carbocycles. The number of nitrogens with one attached hydrogen (secondary N) is 2. The van der Waals surface area contributed by atoms with Gasteiger partial charge in [-0.15, -0.1) is 0 Å². The van der Waals surface area contributed by atoms with Gasteiger partial charge in [0.15, 0.2) is 0 Å². The minimum atomic E-state index is -0.924. The summed E-state index contributed by atoms with van der Waals surface area (Å²) in [5.41, 5.74) is 1.03. The van der Waals surface area contributed by atoms with Crippen LogP contribution in [0.2, 0.25) is 0 Å². The van der Waals surface area contributed by atoms with Crippen LogP contribution in [-0.4, -0.2) is 28.1 Å². The van der Waals surface area contributed by atoms with Crippen LogP contribution in [0.5, 0.6) is 0 Å². The maximum absolute atomic E-state index is 11.7. The summed E-state index contributed by atoms with van der Waals surface area (Å²) < 4.78 is 0. The van der Waals surface area contributed by atoms with Crippen LogP contribution in [-0.2, 0) is 11.2 Å². The van der Waals surface area contributed by atoms with Crippen molar-refractivity contribution in [2.24, 2.45) is 5.92 Å². The summed E-state index contributed by atoms with van der Waals surface area (Å²) in [6.07, 6.45) is 4.69. The highest BCUT2D eigenvalue weighted by atomic mass is 16.4. The van der Waals surface area contributed by atoms with Gasteiger partial charge in [-0.25, -0.2) is 4.79 Å². The molecule has 1 aliphatic rings. The van der Waals surface area contributed by atoms with Gasteiger partial charge in [-0.05, 0) is 30.9 Å². The van der Waals surface area contributed by atoms with Gasteiger partial charge in [0, 0.05) is 6.04 Å². The van der Waals surface area contributed by atoms with E-state index in [1.54, 1.807) is 12.1 Å². The summed E-state index contributed by atoms with van der Waals surface area (Å²) in [7, 11) is 0. The Morgan fingerprint density at radius 1 is 1.45 bits per heavy atom. The van der Waals surface area contributed by atoms with Gasteiger partial charge in [0.1, 0.15) is 0 Å². The topological polar surface area (TPSA) is 91.3 Å². The second kappa shape index (κ2) is 6.36. The fourth-order valence-corrected chi connectivity index (χ4v) is 2.21. The van der Waals surface area contributed by atoms with Crippen LogP contribution < -0.4 is 10.6 Å². The molecule has 0 aliphatic heterocycles. The number of urea groups is 1. The van der Waals surface area contributed by atoms with Gasteiger partial charge in [-0.3, -0.25) is 9.78 Å². The zero-order valence-electron chi connectivity index (χ0n) is 11.4. The third-order valence-electron chi connectivity index (χ3n) is 3.31. The molecule has 2 rings (SSSR count). The SMILES string of the molecule is CCCC1CC1NC(=O)Nc1ccc(CC(=O)O)nc1. The second-order valence-electron chi connectivity index (χ2n) is 5.10. The molecule has 1 heterocycles. The van der Waals surface area contributed by atoms with Crippen LogP contribution in [0.4, 0.5) is 10.5 Å². The van der Waals surface area contributed by atoms with Crippen molar-refractivity contribution in [1.82, 2.24) is 10.3 Å². The third-order valence-corrected chi connectivity index (χ3v) is 3.31. The van der Waals surface area contributed by atoms with Gasteiger partial charge in [0.2, 0.25) is 0 Å². The predicted octanol–water partition coefficient (Wildman–Crippen LogP) is 2.02. The zero-order chi connectivity index (χ0) is 14.5. The molecule has 20 heavy (non-hydrogen) atoms. The average molecular weight is 277 g/mol. The van der Waals surface area contributed by atoms with Crippen molar-refractivity contribution < 1.29 is 14.7 Å². The van der Waals surface area contributed by atoms with E-state index in [2.05, 4.69) is 22.5 Å². The lowest BCUT2D eigenvalue weighted by Crippen LogP contribution is -2.31. The number of anilines is 1. The van der Waals surface area contributed by atoms with E-state index in [4.69, 9.17) is 5.11 Å². The van der Waals surface area contributed by atoms with Crippen molar-refractivity contribution >= 4 is 17.7 Å². The van der Waals surface area contributed by atoms with Crippen molar-refractivity contribution in [3.05, 3.63) is 24.0 Å². The van der Waals surface area contributed by atoms with Crippen LogP contribution in [0.25, 0.3) is 0 Å².